The van der Waals surface area contributed by atoms with E-state index in [1.807, 2.05) is 18.2 Å². The Labute approximate surface area is 185 Å². The SMILES string of the molecule is COc1ccc([C@@H](C(=O)Nc2cc(Cl)ccc2OC)N2Cc3ccccc3C2=O)cc1. The van der Waals surface area contributed by atoms with Gasteiger partial charge in [-0.3, -0.25) is 9.59 Å². The first kappa shape index (κ1) is 20.8. The lowest BCUT2D eigenvalue weighted by Crippen LogP contribution is -2.37. The van der Waals surface area contributed by atoms with E-state index in [0.29, 0.717) is 39.9 Å². The quantitative estimate of drug-likeness (QED) is 0.608. The van der Waals surface area contributed by atoms with E-state index < -0.39 is 6.04 Å². The smallest absolute Gasteiger partial charge is 0.255 e. The number of methoxy groups -OCH3 is 2. The molecule has 0 radical (unpaired) electrons. The minimum absolute atomic E-state index is 0.190. The number of hydrogen-bond donors (Lipinski definition) is 1. The number of anilines is 1. The summed E-state index contributed by atoms with van der Waals surface area (Å²) in [6.45, 7) is 0.339. The molecule has 3 aromatic rings. The predicted octanol–water partition coefficient (Wildman–Crippen LogP) is 4.69. The summed E-state index contributed by atoms with van der Waals surface area (Å²) in [6, 6.07) is 18.6. The molecule has 1 N–H and O–H groups in total. The molecular weight excluding hydrogens is 416 g/mol. The number of nitrogens with zero attached hydrogens (tertiary/aromatic N) is 1. The van der Waals surface area contributed by atoms with Gasteiger partial charge in [-0.2, -0.15) is 0 Å². The van der Waals surface area contributed by atoms with Crippen molar-refractivity contribution in [2.45, 2.75) is 12.6 Å². The Morgan fingerprint density at radius 3 is 2.45 bits per heavy atom. The molecule has 1 heterocycles. The van der Waals surface area contributed by atoms with Gasteiger partial charge in [-0.1, -0.05) is 41.9 Å². The average Bonchev–Trinajstić information content (AvgIpc) is 3.11. The molecule has 0 aliphatic carbocycles. The fourth-order valence-electron chi connectivity index (χ4n) is 3.72. The van der Waals surface area contributed by atoms with Gasteiger partial charge in [-0.25, -0.2) is 0 Å². The highest BCUT2D eigenvalue weighted by atomic mass is 35.5. The number of benzene rings is 3. The van der Waals surface area contributed by atoms with Gasteiger partial charge in [0.2, 0.25) is 0 Å². The van der Waals surface area contributed by atoms with E-state index in [9.17, 15) is 9.59 Å². The molecule has 1 atom stereocenters. The number of fused-ring (bicyclic) bond motifs is 1. The van der Waals surface area contributed by atoms with Gasteiger partial charge in [-0.05, 0) is 47.5 Å². The van der Waals surface area contributed by atoms with Crippen LogP contribution >= 0.6 is 11.6 Å². The Morgan fingerprint density at radius 1 is 1.03 bits per heavy atom. The van der Waals surface area contributed by atoms with Gasteiger partial charge in [0.05, 0.1) is 19.9 Å². The van der Waals surface area contributed by atoms with Gasteiger partial charge in [0.1, 0.15) is 17.5 Å². The molecule has 0 bridgehead atoms. The highest BCUT2D eigenvalue weighted by molar-refractivity contribution is 6.31. The van der Waals surface area contributed by atoms with E-state index >= 15 is 0 Å². The molecule has 0 spiro atoms. The zero-order valence-electron chi connectivity index (χ0n) is 17.1. The third kappa shape index (κ3) is 4.07. The first-order valence-corrected chi connectivity index (χ1v) is 10.1. The number of ether oxygens (including phenoxy) is 2. The van der Waals surface area contributed by atoms with Crippen LogP contribution in [-0.2, 0) is 11.3 Å². The summed E-state index contributed by atoms with van der Waals surface area (Å²) in [4.78, 5) is 28.2. The maximum absolute atomic E-state index is 13.5. The van der Waals surface area contributed by atoms with E-state index in [0.717, 1.165) is 5.56 Å². The number of carbonyl (C=O) groups is 2. The summed E-state index contributed by atoms with van der Waals surface area (Å²) in [5.41, 5.74) is 2.59. The lowest BCUT2D eigenvalue weighted by Gasteiger charge is -2.27. The van der Waals surface area contributed by atoms with Gasteiger partial charge < -0.3 is 19.7 Å². The van der Waals surface area contributed by atoms with Crippen molar-refractivity contribution in [1.82, 2.24) is 4.90 Å². The van der Waals surface area contributed by atoms with Crippen LogP contribution in [0.3, 0.4) is 0 Å². The third-order valence-electron chi connectivity index (χ3n) is 5.26. The van der Waals surface area contributed by atoms with E-state index in [-0.39, 0.29) is 11.8 Å². The summed E-state index contributed by atoms with van der Waals surface area (Å²) in [7, 11) is 3.09. The summed E-state index contributed by atoms with van der Waals surface area (Å²) >= 11 is 6.11. The second-order valence-electron chi connectivity index (χ2n) is 7.10. The van der Waals surface area contributed by atoms with E-state index in [1.54, 1.807) is 60.5 Å². The molecule has 0 saturated carbocycles. The van der Waals surface area contributed by atoms with Crippen molar-refractivity contribution in [3.63, 3.8) is 0 Å². The van der Waals surface area contributed by atoms with Crippen molar-refractivity contribution in [1.29, 1.82) is 0 Å². The van der Waals surface area contributed by atoms with Gasteiger partial charge in [-0.15, -0.1) is 0 Å². The molecule has 158 valence electrons. The van der Waals surface area contributed by atoms with Crippen LogP contribution < -0.4 is 14.8 Å². The number of halogens is 1. The van der Waals surface area contributed by atoms with Crippen molar-refractivity contribution in [3.05, 3.63) is 88.4 Å². The second kappa shape index (κ2) is 8.70. The molecule has 0 fully saturated rings. The van der Waals surface area contributed by atoms with Crippen LogP contribution in [0.2, 0.25) is 5.02 Å². The number of rotatable bonds is 6. The van der Waals surface area contributed by atoms with Crippen LogP contribution in [0.4, 0.5) is 5.69 Å². The summed E-state index contributed by atoms with van der Waals surface area (Å²) in [5, 5.41) is 3.34. The molecule has 2 amide bonds. The molecule has 1 aliphatic rings. The maximum atomic E-state index is 13.5. The minimum Gasteiger partial charge on any atom is -0.497 e. The predicted molar refractivity (Wildman–Crippen MR) is 119 cm³/mol. The van der Waals surface area contributed by atoms with Gasteiger partial charge in [0, 0.05) is 17.1 Å². The molecule has 4 rings (SSSR count). The zero-order valence-corrected chi connectivity index (χ0v) is 17.8. The van der Waals surface area contributed by atoms with Crippen LogP contribution in [0.25, 0.3) is 0 Å². The van der Waals surface area contributed by atoms with Crippen LogP contribution in [0.15, 0.2) is 66.7 Å². The van der Waals surface area contributed by atoms with Crippen LogP contribution in [0.1, 0.15) is 27.5 Å². The standard InChI is InChI=1S/C24H21ClN2O4/c1-30-18-10-7-15(8-11-18)22(27-14-16-5-3-4-6-19(16)24(27)29)23(28)26-20-13-17(25)9-12-21(20)31-2/h3-13,22H,14H2,1-2H3,(H,26,28)/t22-/m0/s1. The first-order valence-electron chi connectivity index (χ1n) is 9.69. The summed E-state index contributed by atoms with van der Waals surface area (Å²) < 4.78 is 10.6. The lowest BCUT2D eigenvalue weighted by atomic mass is 10.0. The van der Waals surface area contributed by atoms with Crippen LogP contribution in [0, 0.1) is 0 Å². The molecule has 6 nitrogen and oxygen atoms in total. The first-order chi connectivity index (χ1) is 15.0. The van der Waals surface area contributed by atoms with Crippen molar-refractivity contribution in [3.8, 4) is 11.5 Å². The highest BCUT2D eigenvalue weighted by Crippen LogP contribution is 2.34. The Morgan fingerprint density at radius 2 is 1.77 bits per heavy atom. The Balaban J connectivity index is 1.71. The molecule has 31 heavy (non-hydrogen) atoms. The number of hydrogen-bond acceptors (Lipinski definition) is 4. The van der Waals surface area contributed by atoms with Crippen LogP contribution in [0.5, 0.6) is 11.5 Å². The van der Waals surface area contributed by atoms with Crippen LogP contribution in [-0.4, -0.2) is 30.9 Å². The highest BCUT2D eigenvalue weighted by Gasteiger charge is 2.37. The van der Waals surface area contributed by atoms with Gasteiger partial charge >= 0.3 is 0 Å². The number of nitrogens with one attached hydrogen (secondary N) is 1. The monoisotopic (exact) mass is 436 g/mol. The molecule has 3 aromatic carbocycles. The minimum atomic E-state index is -0.852. The van der Waals surface area contributed by atoms with Crippen molar-refractivity contribution in [2.24, 2.45) is 0 Å². The topological polar surface area (TPSA) is 67.9 Å². The van der Waals surface area contributed by atoms with E-state index in [1.165, 1.54) is 7.11 Å². The van der Waals surface area contributed by atoms with E-state index in [2.05, 4.69) is 5.32 Å². The zero-order chi connectivity index (χ0) is 22.0. The Hall–Kier alpha value is -3.51. The Kier molecular flexibility index (Phi) is 5.82. The number of carbonyl (C=O) groups excluding carboxylic acids is 2. The van der Waals surface area contributed by atoms with Crippen molar-refractivity contribution >= 4 is 29.1 Å². The maximum Gasteiger partial charge on any atom is 0.255 e. The van der Waals surface area contributed by atoms with Crippen molar-refractivity contribution in [2.75, 3.05) is 19.5 Å². The third-order valence-corrected chi connectivity index (χ3v) is 5.50. The lowest BCUT2D eigenvalue weighted by molar-refractivity contribution is -0.120. The Bertz CT molecular complexity index is 1130. The number of amides is 2. The average molecular weight is 437 g/mol. The fraction of sp³-hybridized carbons (Fsp3) is 0.167. The fourth-order valence-corrected chi connectivity index (χ4v) is 3.90. The second-order valence-corrected chi connectivity index (χ2v) is 7.54. The summed E-state index contributed by atoms with van der Waals surface area (Å²) in [6.07, 6.45) is 0. The molecule has 7 heteroatoms. The van der Waals surface area contributed by atoms with Gasteiger partial charge in [0.25, 0.3) is 11.8 Å². The molecule has 1 aliphatic heterocycles. The normalized spacial score (nSPS) is 13.5. The van der Waals surface area contributed by atoms with E-state index in [4.69, 9.17) is 21.1 Å². The van der Waals surface area contributed by atoms with Crippen molar-refractivity contribution < 1.29 is 19.1 Å². The molecule has 0 aromatic heterocycles. The summed E-state index contributed by atoms with van der Waals surface area (Å²) in [5.74, 6) is 0.578. The molecule has 0 saturated heterocycles. The van der Waals surface area contributed by atoms with Gasteiger partial charge in [0.15, 0.2) is 0 Å². The largest absolute Gasteiger partial charge is 0.497 e. The molecular formula is C24H21ClN2O4. The molecule has 0 unspecified atom stereocenters.